The van der Waals surface area contributed by atoms with Gasteiger partial charge in [0, 0.05) is 31.2 Å². The van der Waals surface area contributed by atoms with Gasteiger partial charge >= 0.3 is 0 Å². The molecule has 1 aromatic rings. The molecule has 0 saturated carbocycles. The summed E-state index contributed by atoms with van der Waals surface area (Å²) in [4.78, 5) is 0. The van der Waals surface area contributed by atoms with Crippen molar-refractivity contribution in [1.29, 1.82) is 5.26 Å². The maximum atomic E-state index is 12.5. The highest BCUT2D eigenvalue weighted by Gasteiger charge is 2.34. The van der Waals surface area contributed by atoms with Crippen LogP contribution in [0.4, 0.5) is 5.69 Å². The zero-order chi connectivity index (χ0) is 18.0. The predicted octanol–water partition coefficient (Wildman–Crippen LogP) is 1.96. The first kappa shape index (κ1) is 18.5. The highest BCUT2D eigenvalue weighted by atomic mass is 32.2. The van der Waals surface area contributed by atoms with E-state index >= 15 is 0 Å². The van der Waals surface area contributed by atoms with Crippen molar-refractivity contribution in [3.63, 3.8) is 0 Å². The Morgan fingerprint density at radius 3 is 2.29 bits per heavy atom. The van der Waals surface area contributed by atoms with Crippen LogP contribution in [0.3, 0.4) is 0 Å². The summed E-state index contributed by atoms with van der Waals surface area (Å²) < 4.78 is 26.4. The second-order valence-corrected chi connectivity index (χ2v) is 8.11. The predicted molar refractivity (Wildman–Crippen MR) is 96.8 cm³/mol. The first-order valence-electron chi connectivity index (χ1n) is 7.88. The third-order valence-electron chi connectivity index (χ3n) is 4.49. The Bertz CT molecular complexity index is 762. The van der Waals surface area contributed by atoms with Gasteiger partial charge in [0.05, 0.1) is 6.07 Å². The van der Waals surface area contributed by atoms with Crippen LogP contribution in [0, 0.1) is 25.2 Å². The van der Waals surface area contributed by atoms with Crippen molar-refractivity contribution in [2.45, 2.75) is 32.2 Å². The molecule has 0 radical (unpaired) electrons. The molecule has 1 heterocycles. The molecule has 7 heteroatoms. The van der Waals surface area contributed by atoms with Gasteiger partial charge in [-0.05, 0) is 61.6 Å². The third-order valence-corrected chi connectivity index (χ3v) is 6.05. The summed E-state index contributed by atoms with van der Waals surface area (Å²) in [7, 11) is -1.67. The van der Waals surface area contributed by atoms with Crippen LogP contribution in [0.1, 0.15) is 29.5 Å². The van der Waals surface area contributed by atoms with Crippen LogP contribution in [0.5, 0.6) is 0 Å². The number of anilines is 1. The lowest BCUT2D eigenvalue weighted by atomic mass is 9.91. The smallest absolute Gasteiger partial charge is 0.236 e. The fourth-order valence-electron chi connectivity index (χ4n) is 2.87. The summed E-state index contributed by atoms with van der Waals surface area (Å²) in [5, 5.41) is 13.4. The Morgan fingerprint density at radius 1 is 1.29 bits per heavy atom. The summed E-state index contributed by atoms with van der Waals surface area (Å²) in [6, 6.07) is 6.03. The van der Waals surface area contributed by atoms with Gasteiger partial charge in [-0.25, -0.2) is 8.42 Å². The molecular formula is C17H24N4O2S. The number of aryl methyl sites for hydroxylation is 2. The molecule has 130 valence electrons. The van der Waals surface area contributed by atoms with Crippen molar-refractivity contribution in [3.05, 3.63) is 34.2 Å². The Labute approximate surface area is 144 Å². The number of hydrogen-bond donors (Lipinski definition) is 2. The standard InChI is InChI=1S/C17H24N4O2S/c1-13-10-15(20-3)11-14(2)16(13)4-9-24(22,23)21-7-5-17(19,12-18)6-8-21/h4,9-11,20H,5-8,19H2,1-3H3/b9-4+. The molecule has 0 unspecified atom stereocenters. The quantitative estimate of drug-likeness (QED) is 0.866. The molecule has 2 rings (SSSR count). The van der Waals surface area contributed by atoms with E-state index in [-0.39, 0.29) is 13.1 Å². The molecule has 0 atom stereocenters. The lowest BCUT2D eigenvalue weighted by Gasteiger charge is -2.33. The Hall–Kier alpha value is -1.88. The number of piperidine rings is 1. The minimum absolute atomic E-state index is 0.271. The fraction of sp³-hybridized carbons (Fsp3) is 0.471. The van der Waals surface area contributed by atoms with Crippen LogP contribution in [0.15, 0.2) is 17.5 Å². The van der Waals surface area contributed by atoms with Gasteiger partial charge in [0.15, 0.2) is 0 Å². The first-order valence-corrected chi connectivity index (χ1v) is 9.38. The molecule has 1 aliphatic rings. The summed E-state index contributed by atoms with van der Waals surface area (Å²) >= 11 is 0. The second-order valence-electron chi connectivity index (χ2n) is 6.29. The van der Waals surface area contributed by atoms with Gasteiger partial charge in [0.1, 0.15) is 5.54 Å². The van der Waals surface area contributed by atoms with Crippen molar-refractivity contribution >= 4 is 21.8 Å². The van der Waals surface area contributed by atoms with E-state index in [4.69, 9.17) is 11.0 Å². The molecule has 1 aromatic carbocycles. The molecule has 0 amide bonds. The van der Waals surface area contributed by atoms with Crippen LogP contribution < -0.4 is 11.1 Å². The van der Waals surface area contributed by atoms with Gasteiger partial charge in [-0.1, -0.05) is 0 Å². The number of nitrogens with two attached hydrogens (primary N) is 1. The van der Waals surface area contributed by atoms with Crippen molar-refractivity contribution in [1.82, 2.24) is 4.31 Å². The first-order chi connectivity index (χ1) is 11.2. The Kier molecular flexibility index (Phi) is 5.33. The zero-order valence-corrected chi connectivity index (χ0v) is 15.2. The zero-order valence-electron chi connectivity index (χ0n) is 14.3. The van der Waals surface area contributed by atoms with E-state index in [1.54, 1.807) is 6.08 Å². The molecule has 0 aromatic heterocycles. The van der Waals surface area contributed by atoms with E-state index in [0.29, 0.717) is 12.8 Å². The normalized spacial score (nSPS) is 18.5. The van der Waals surface area contributed by atoms with Gasteiger partial charge in [-0.3, -0.25) is 0 Å². The highest BCUT2D eigenvalue weighted by molar-refractivity contribution is 7.92. The van der Waals surface area contributed by atoms with Crippen LogP contribution in [0.2, 0.25) is 0 Å². The molecule has 0 spiro atoms. The van der Waals surface area contributed by atoms with Crippen molar-refractivity contribution in [3.8, 4) is 6.07 Å². The minimum atomic E-state index is -3.52. The number of nitrogens with one attached hydrogen (secondary N) is 1. The van der Waals surface area contributed by atoms with E-state index in [9.17, 15) is 8.42 Å². The number of sulfonamides is 1. The van der Waals surface area contributed by atoms with Crippen molar-refractivity contribution < 1.29 is 8.42 Å². The van der Waals surface area contributed by atoms with E-state index in [2.05, 4.69) is 11.4 Å². The topological polar surface area (TPSA) is 99.2 Å². The number of benzene rings is 1. The van der Waals surface area contributed by atoms with E-state index in [0.717, 1.165) is 22.4 Å². The van der Waals surface area contributed by atoms with Gasteiger partial charge in [-0.15, -0.1) is 0 Å². The Morgan fingerprint density at radius 2 is 1.83 bits per heavy atom. The summed E-state index contributed by atoms with van der Waals surface area (Å²) in [6.45, 7) is 4.45. The number of hydrogen-bond acceptors (Lipinski definition) is 5. The number of nitriles is 1. The SMILES string of the molecule is CNc1cc(C)c(/C=C/S(=O)(=O)N2CCC(N)(C#N)CC2)c(C)c1. The number of rotatable bonds is 4. The summed E-state index contributed by atoms with van der Waals surface area (Å²) in [5.41, 5.74) is 8.90. The highest BCUT2D eigenvalue weighted by Crippen LogP contribution is 2.24. The molecule has 6 nitrogen and oxygen atoms in total. The van der Waals surface area contributed by atoms with Crippen LogP contribution in [-0.2, 0) is 10.0 Å². The molecule has 0 bridgehead atoms. The molecule has 0 aliphatic carbocycles. The van der Waals surface area contributed by atoms with Gasteiger partial charge < -0.3 is 11.1 Å². The van der Waals surface area contributed by atoms with Crippen molar-refractivity contribution in [2.75, 3.05) is 25.5 Å². The molecule has 1 aliphatic heterocycles. The maximum absolute atomic E-state index is 12.5. The molecule has 1 saturated heterocycles. The van der Waals surface area contributed by atoms with E-state index in [1.165, 1.54) is 9.71 Å². The third kappa shape index (κ3) is 3.96. The molecule has 3 N–H and O–H groups in total. The average Bonchev–Trinajstić information content (AvgIpc) is 2.54. The Balaban J connectivity index is 2.19. The van der Waals surface area contributed by atoms with E-state index < -0.39 is 15.6 Å². The summed E-state index contributed by atoms with van der Waals surface area (Å²) in [6.07, 6.45) is 2.35. The number of nitrogens with zero attached hydrogens (tertiary/aromatic N) is 2. The largest absolute Gasteiger partial charge is 0.388 e. The van der Waals surface area contributed by atoms with Gasteiger partial charge in [0.25, 0.3) is 0 Å². The van der Waals surface area contributed by atoms with Crippen LogP contribution in [0.25, 0.3) is 6.08 Å². The van der Waals surface area contributed by atoms with Crippen LogP contribution >= 0.6 is 0 Å². The maximum Gasteiger partial charge on any atom is 0.236 e. The van der Waals surface area contributed by atoms with Crippen molar-refractivity contribution in [2.24, 2.45) is 5.73 Å². The molecule has 24 heavy (non-hydrogen) atoms. The average molecular weight is 348 g/mol. The minimum Gasteiger partial charge on any atom is -0.388 e. The monoisotopic (exact) mass is 348 g/mol. The second kappa shape index (κ2) is 6.93. The lowest BCUT2D eigenvalue weighted by molar-refractivity contribution is 0.282. The lowest BCUT2D eigenvalue weighted by Crippen LogP contribution is -2.50. The summed E-state index contributed by atoms with van der Waals surface area (Å²) in [5.74, 6) is 0. The van der Waals surface area contributed by atoms with Gasteiger partial charge in [0.2, 0.25) is 10.0 Å². The molecular weight excluding hydrogens is 324 g/mol. The fourth-order valence-corrected chi connectivity index (χ4v) is 4.05. The van der Waals surface area contributed by atoms with Crippen LogP contribution in [-0.4, -0.2) is 38.4 Å². The van der Waals surface area contributed by atoms with Gasteiger partial charge in [-0.2, -0.15) is 9.57 Å². The van der Waals surface area contributed by atoms with E-state index in [1.807, 2.05) is 33.0 Å². The molecule has 1 fully saturated rings.